The Balaban J connectivity index is 4.06. The predicted octanol–water partition coefficient (Wildman–Crippen LogP) is 4.52. The monoisotopic (exact) mass is 182 g/mol. The Bertz CT molecular complexity index is 137. The summed E-state index contributed by atoms with van der Waals surface area (Å²) >= 11 is 0. The molecule has 0 nitrogen and oxygen atoms in total. The molecule has 0 rings (SSSR count). The Labute approximate surface area is 84.4 Å². The van der Waals surface area contributed by atoms with Crippen molar-refractivity contribution in [1.82, 2.24) is 0 Å². The van der Waals surface area contributed by atoms with Crippen molar-refractivity contribution in [3.63, 3.8) is 0 Å². The first-order valence-corrected chi connectivity index (χ1v) is 5.67. The van der Waals surface area contributed by atoms with Crippen LogP contribution < -0.4 is 0 Å². The minimum absolute atomic E-state index is 0.648. The third-order valence-corrected chi connectivity index (χ3v) is 3.67. The predicted molar refractivity (Wildman–Crippen MR) is 61.8 cm³/mol. The summed E-state index contributed by atoms with van der Waals surface area (Å²) in [5.41, 5.74) is 0. The molecule has 0 aliphatic heterocycles. The van der Waals surface area contributed by atoms with Crippen LogP contribution in [0.1, 0.15) is 47.5 Å². The first-order valence-electron chi connectivity index (χ1n) is 5.67. The molecule has 0 N–H and O–H groups in total. The van der Waals surface area contributed by atoms with E-state index in [0.717, 1.165) is 17.8 Å². The van der Waals surface area contributed by atoms with Crippen molar-refractivity contribution in [3.05, 3.63) is 12.7 Å². The maximum Gasteiger partial charge on any atom is -0.0236 e. The van der Waals surface area contributed by atoms with E-state index in [2.05, 4.69) is 47.3 Å². The van der Waals surface area contributed by atoms with E-state index < -0.39 is 0 Å². The van der Waals surface area contributed by atoms with Crippen LogP contribution in [0.25, 0.3) is 0 Å². The van der Waals surface area contributed by atoms with Gasteiger partial charge in [-0.1, -0.05) is 53.5 Å². The number of hydrogen-bond donors (Lipinski definition) is 0. The van der Waals surface area contributed by atoms with Crippen molar-refractivity contribution in [2.75, 3.05) is 0 Å². The van der Waals surface area contributed by atoms with E-state index in [4.69, 9.17) is 0 Å². The first kappa shape index (κ1) is 12.7. The average molecular weight is 182 g/mol. The summed E-state index contributed by atoms with van der Waals surface area (Å²) in [5.74, 6) is 3.07. The maximum absolute atomic E-state index is 3.87. The highest BCUT2D eigenvalue weighted by molar-refractivity contribution is 4.83. The van der Waals surface area contributed by atoms with Crippen LogP contribution in [0, 0.1) is 23.7 Å². The van der Waals surface area contributed by atoms with Gasteiger partial charge in [0, 0.05) is 0 Å². The summed E-state index contributed by atoms with van der Waals surface area (Å²) in [6.45, 7) is 15.5. The molecule has 78 valence electrons. The van der Waals surface area contributed by atoms with E-state index in [1.54, 1.807) is 0 Å². The fourth-order valence-corrected chi connectivity index (χ4v) is 1.93. The molecule has 4 atom stereocenters. The molecule has 4 unspecified atom stereocenters. The molecule has 0 radical (unpaired) electrons. The molecular formula is C13H26. The molecule has 0 aliphatic rings. The molecule has 0 saturated heterocycles. The molecular weight excluding hydrogens is 156 g/mol. The summed E-state index contributed by atoms with van der Waals surface area (Å²) in [5, 5.41) is 0. The van der Waals surface area contributed by atoms with Crippen molar-refractivity contribution in [2.24, 2.45) is 23.7 Å². The van der Waals surface area contributed by atoms with Crippen LogP contribution in [-0.4, -0.2) is 0 Å². The molecule has 0 heterocycles. The second-order valence-corrected chi connectivity index (χ2v) is 4.58. The Morgan fingerprint density at radius 2 is 1.62 bits per heavy atom. The van der Waals surface area contributed by atoms with E-state index >= 15 is 0 Å². The maximum atomic E-state index is 3.87. The molecule has 13 heavy (non-hydrogen) atoms. The highest BCUT2D eigenvalue weighted by atomic mass is 14.3. The SMILES string of the molecule is C=CC(C)C(C)C(C)C(C)CCC. The van der Waals surface area contributed by atoms with Crippen LogP contribution in [0.2, 0.25) is 0 Å². The fourth-order valence-electron chi connectivity index (χ4n) is 1.93. The number of allylic oxidation sites excluding steroid dienone is 1. The smallest absolute Gasteiger partial charge is 0.0236 e. The van der Waals surface area contributed by atoms with Crippen molar-refractivity contribution < 1.29 is 0 Å². The molecule has 0 spiro atoms. The number of hydrogen-bond acceptors (Lipinski definition) is 0. The zero-order valence-corrected chi connectivity index (χ0v) is 10.0. The second-order valence-electron chi connectivity index (χ2n) is 4.58. The van der Waals surface area contributed by atoms with E-state index in [0.29, 0.717) is 5.92 Å². The van der Waals surface area contributed by atoms with Gasteiger partial charge < -0.3 is 0 Å². The molecule has 0 bridgehead atoms. The third-order valence-electron chi connectivity index (χ3n) is 3.67. The van der Waals surface area contributed by atoms with Gasteiger partial charge >= 0.3 is 0 Å². The van der Waals surface area contributed by atoms with Gasteiger partial charge in [0.2, 0.25) is 0 Å². The van der Waals surface area contributed by atoms with Crippen LogP contribution in [0.15, 0.2) is 12.7 Å². The largest absolute Gasteiger partial charge is 0.103 e. The zero-order valence-electron chi connectivity index (χ0n) is 10.0. The van der Waals surface area contributed by atoms with Crippen molar-refractivity contribution in [2.45, 2.75) is 47.5 Å². The van der Waals surface area contributed by atoms with E-state index in [-0.39, 0.29) is 0 Å². The van der Waals surface area contributed by atoms with Crippen LogP contribution in [0.3, 0.4) is 0 Å². The van der Waals surface area contributed by atoms with Gasteiger partial charge in [-0.25, -0.2) is 0 Å². The van der Waals surface area contributed by atoms with Gasteiger partial charge in [-0.15, -0.1) is 6.58 Å². The lowest BCUT2D eigenvalue weighted by Gasteiger charge is -2.29. The Morgan fingerprint density at radius 1 is 1.08 bits per heavy atom. The van der Waals surface area contributed by atoms with Gasteiger partial charge in [-0.2, -0.15) is 0 Å². The van der Waals surface area contributed by atoms with Crippen molar-refractivity contribution in [1.29, 1.82) is 0 Å². The van der Waals surface area contributed by atoms with E-state index in [1.807, 2.05) is 0 Å². The molecule has 0 aromatic carbocycles. The highest BCUT2D eigenvalue weighted by Gasteiger charge is 2.21. The molecule has 0 aliphatic carbocycles. The fraction of sp³-hybridized carbons (Fsp3) is 0.846. The molecule has 0 aromatic heterocycles. The van der Waals surface area contributed by atoms with Crippen molar-refractivity contribution >= 4 is 0 Å². The van der Waals surface area contributed by atoms with Gasteiger partial charge in [0.25, 0.3) is 0 Å². The van der Waals surface area contributed by atoms with Crippen LogP contribution in [-0.2, 0) is 0 Å². The van der Waals surface area contributed by atoms with Crippen LogP contribution in [0.4, 0.5) is 0 Å². The van der Waals surface area contributed by atoms with Crippen LogP contribution >= 0.6 is 0 Å². The molecule has 0 amide bonds. The third kappa shape index (κ3) is 3.97. The summed E-state index contributed by atoms with van der Waals surface area (Å²) < 4.78 is 0. The molecule has 0 aromatic rings. The molecule has 0 heteroatoms. The Morgan fingerprint density at radius 3 is 2.00 bits per heavy atom. The lowest BCUT2D eigenvalue weighted by atomic mass is 9.77. The lowest BCUT2D eigenvalue weighted by Crippen LogP contribution is -2.21. The molecule has 0 fully saturated rings. The van der Waals surface area contributed by atoms with E-state index in [9.17, 15) is 0 Å². The summed E-state index contributed by atoms with van der Waals surface area (Å²) in [6.07, 6.45) is 4.75. The average Bonchev–Trinajstić information content (AvgIpc) is 2.14. The van der Waals surface area contributed by atoms with E-state index in [1.165, 1.54) is 12.8 Å². The summed E-state index contributed by atoms with van der Waals surface area (Å²) in [7, 11) is 0. The molecule has 0 saturated carbocycles. The lowest BCUT2D eigenvalue weighted by molar-refractivity contribution is 0.227. The normalized spacial score (nSPS) is 20.4. The summed E-state index contributed by atoms with van der Waals surface area (Å²) in [4.78, 5) is 0. The van der Waals surface area contributed by atoms with Crippen molar-refractivity contribution in [3.8, 4) is 0 Å². The second kappa shape index (κ2) is 6.23. The van der Waals surface area contributed by atoms with Gasteiger partial charge in [-0.05, 0) is 23.7 Å². The van der Waals surface area contributed by atoms with Gasteiger partial charge in [0.05, 0.1) is 0 Å². The zero-order chi connectivity index (χ0) is 10.4. The Hall–Kier alpha value is -0.260. The first-order chi connectivity index (χ1) is 6.04. The van der Waals surface area contributed by atoms with Gasteiger partial charge in [0.1, 0.15) is 0 Å². The summed E-state index contributed by atoms with van der Waals surface area (Å²) in [6, 6.07) is 0. The Kier molecular flexibility index (Phi) is 6.11. The minimum Gasteiger partial charge on any atom is -0.103 e. The highest BCUT2D eigenvalue weighted by Crippen LogP contribution is 2.29. The van der Waals surface area contributed by atoms with Gasteiger partial charge in [0.15, 0.2) is 0 Å². The quantitative estimate of drug-likeness (QED) is 0.530. The topological polar surface area (TPSA) is 0 Å². The van der Waals surface area contributed by atoms with Gasteiger partial charge in [-0.3, -0.25) is 0 Å². The minimum atomic E-state index is 0.648. The van der Waals surface area contributed by atoms with Crippen LogP contribution in [0.5, 0.6) is 0 Å². The number of rotatable bonds is 6. The standard InChI is InChI=1S/C13H26/c1-7-9-11(4)13(6)12(5)10(3)8-2/h8,10-13H,2,7,9H2,1,3-6H3.